The van der Waals surface area contributed by atoms with E-state index in [1.807, 2.05) is 17.8 Å². The fourth-order valence-electron chi connectivity index (χ4n) is 2.83. The Morgan fingerprint density at radius 1 is 1.61 bits per heavy atom. The maximum absolute atomic E-state index is 6.28. The first-order valence-corrected chi connectivity index (χ1v) is 7.81. The molecule has 1 aliphatic rings. The molecule has 0 fully saturated rings. The molecular weight excluding hydrogens is 240 g/mol. The number of nitrogens with two attached hydrogens (primary N) is 1. The van der Waals surface area contributed by atoms with Crippen LogP contribution < -0.4 is 5.73 Å². The second-order valence-corrected chi connectivity index (χ2v) is 7.08. The van der Waals surface area contributed by atoms with E-state index in [4.69, 9.17) is 5.73 Å². The summed E-state index contributed by atoms with van der Waals surface area (Å²) in [5.41, 5.74) is 9.43. The molecule has 1 heterocycles. The molecule has 0 radical (unpaired) electrons. The maximum atomic E-state index is 6.28. The molecule has 2 rings (SSSR count). The molecule has 0 bridgehead atoms. The maximum Gasteiger partial charge on any atom is 0.0318 e. The van der Waals surface area contributed by atoms with Crippen molar-refractivity contribution in [1.29, 1.82) is 0 Å². The van der Waals surface area contributed by atoms with Crippen LogP contribution in [0.25, 0.3) is 0 Å². The Labute approximate surface area is 115 Å². The van der Waals surface area contributed by atoms with Crippen LogP contribution in [0.4, 0.5) is 0 Å². The predicted molar refractivity (Wildman–Crippen MR) is 81.0 cm³/mol. The molecule has 1 atom stereocenters. The van der Waals surface area contributed by atoms with Crippen LogP contribution in [0.3, 0.4) is 0 Å². The van der Waals surface area contributed by atoms with Crippen LogP contribution >= 0.6 is 11.8 Å². The van der Waals surface area contributed by atoms with Gasteiger partial charge in [-0.25, -0.2) is 0 Å². The average Bonchev–Trinajstić information content (AvgIpc) is 2.66. The van der Waals surface area contributed by atoms with Gasteiger partial charge in [0.25, 0.3) is 0 Å². The molecule has 1 aromatic rings. The Hall–Kier alpha value is -0.670. The predicted octanol–water partition coefficient (Wildman–Crippen LogP) is 3.38. The molecule has 0 saturated heterocycles. The van der Waals surface area contributed by atoms with Gasteiger partial charge < -0.3 is 10.3 Å². The molecule has 2 N–H and O–H groups in total. The fraction of sp³-hybridized carbons (Fsp3) is 0.600. The van der Waals surface area contributed by atoms with Crippen LogP contribution in [0.5, 0.6) is 0 Å². The van der Waals surface area contributed by atoms with Crippen molar-refractivity contribution in [2.24, 2.45) is 11.1 Å². The van der Waals surface area contributed by atoms with Crippen molar-refractivity contribution < 1.29 is 0 Å². The minimum atomic E-state index is 0.214. The number of hydrogen-bond donors (Lipinski definition) is 1. The van der Waals surface area contributed by atoms with Gasteiger partial charge in [0, 0.05) is 36.0 Å². The largest absolute Gasteiger partial charge is 0.350 e. The lowest BCUT2D eigenvalue weighted by molar-refractivity contribution is 0.275. The Morgan fingerprint density at radius 3 is 3.11 bits per heavy atom. The standard InChI is InChI=1S/C15H24N2S/c1-4-8-18-9-7-17-6-5-12-13(16)10-15(2,3)11-14(12)17/h4-6,13H,1,7-11,16H2,2-3H3. The van der Waals surface area contributed by atoms with E-state index in [-0.39, 0.29) is 6.04 Å². The van der Waals surface area contributed by atoms with Crippen LogP contribution in [0.15, 0.2) is 24.9 Å². The van der Waals surface area contributed by atoms with Gasteiger partial charge >= 0.3 is 0 Å². The smallest absolute Gasteiger partial charge is 0.0318 e. The fourth-order valence-corrected chi connectivity index (χ4v) is 3.49. The van der Waals surface area contributed by atoms with Gasteiger partial charge in [-0.2, -0.15) is 11.8 Å². The Bertz CT molecular complexity index is 420. The molecule has 0 aromatic carbocycles. The van der Waals surface area contributed by atoms with Crippen molar-refractivity contribution >= 4 is 11.8 Å². The summed E-state index contributed by atoms with van der Waals surface area (Å²) in [4.78, 5) is 0. The van der Waals surface area contributed by atoms with Crippen LogP contribution in [0, 0.1) is 5.41 Å². The second kappa shape index (κ2) is 5.54. The van der Waals surface area contributed by atoms with E-state index in [1.54, 1.807) is 0 Å². The molecule has 1 unspecified atom stereocenters. The van der Waals surface area contributed by atoms with Gasteiger partial charge in [-0.05, 0) is 29.9 Å². The number of nitrogens with zero attached hydrogens (tertiary/aromatic N) is 1. The highest BCUT2D eigenvalue weighted by Gasteiger charge is 2.32. The Morgan fingerprint density at radius 2 is 2.39 bits per heavy atom. The van der Waals surface area contributed by atoms with Gasteiger partial charge in [0.1, 0.15) is 0 Å². The monoisotopic (exact) mass is 264 g/mol. The van der Waals surface area contributed by atoms with Crippen molar-refractivity contribution in [3.8, 4) is 0 Å². The van der Waals surface area contributed by atoms with Crippen molar-refractivity contribution in [3.05, 3.63) is 36.2 Å². The van der Waals surface area contributed by atoms with Crippen molar-refractivity contribution in [2.75, 3.05) is 11.5 Å². The second-order valence-electron chi connectivity index (χ2n) is 5.93. The van der Waals surface area contributed by atoms with Crippen LogP contribution in [-0.4, -0.2) is 16.1 Å². The molecular formula is C15H24N2S. The van der Waals surface area contributed by atoms with Gasteiger partial charge in [0.05, 0.1) is 0 Å². The van der Waals surface area contributed by atoms with Gasteiger partial charge in [0.15, 0.2) is 0 Å². The molecule has 0 aliphatic heterocycles. The number of aromatic nitrogens is 1. The molecule has 0 spiro atoms. The first kappa shape index (κ1) is 13.8. The summed E-state index contributed by atoms with van der Waals surface area (Å²) >= 11 is 1.93. The number of rotatable bonds is 5. The molecule has 2 nitrogen and oxygen atoms in total. The summed E-state index contributed by atoms with van der Waals surface area (Å²) in [6.07, 6.45) is 6.42. The lowest BCUT2D eigenvalue weighted by atomic mass is 9.74. The van der Waals surface area contributed by atoms with Gasteiger partial charge in [0.2, 0.25) is 0 Å². The molecule has 1 aromatic heterocycles. The number of hydrogen-bond acceptors (Lipinski definition) is 2. The molecule has 1 aliphatic carbocycles. The lowest BCUT2D eigenvalue weighted by Gasteiger charge is -2.34. The SMILES string of the molecule is C=CCSCCn1ccc2c1CC(C)(C)CC2N. The summed E-state index contributed by atoms with van der Waals surface area (Å²) in [7, 11) is 0. The van der Waals surface area contributed by atoms with E-state index in [9.17, 15) is 0 Å². The van der Waals surface area contributed by atoms with E-state index in [2.05, 4.69) is 37.3 Å². The number of fused-ring (bicyclic) bond motifs is 1. The highest BCUT2D eigenvalue weighted by atomic mass is 32.2. The van der Waals surface area contributed by atoms with Gasteiger partial charge in [-0.1, -0.05) is 19.9 Å². The minimum Gasteiger partial charge on any atom is -0.350 e. The quantitative estimate of drug-likeness (QED) is 0.653. The highest BCUT2D eigenvalue weighted by Crippen LogP contribution is 2.39. The molecule has 0 saturated carbocycles. The number of thioether (sulfide) groups is 1. The van der Waals surface area contributed by atoms with E-state index < -0.39 is 0 Å². The minimum absolute atomic E-state index is 0.214. The Kier molecular flexibility index (Phi) is 4.23. The normalized spacial score (nSPS) is 21.6. The van der Waals surface area contributed by atoms with Crippen LogP contribution in [0.1, 0.15) is 37.6 Å². The first-order chi connectivity index (χ1) is 8.53. The first-order valence-electron chi connectivity index (χ1n) is 6.65. The third-order valence-corrected chi connectivity index (χ3v) is 4.59. The summed E-state index contributed by atoms with van der Waals surface area (Å²) in [6.45, 7) is 9.47. The molecule has 3 heteroatoms. The van der Waals surface area contributed by atoms with Crippen molar-refractivity contribution in [3.63, 3.8) is 0 Å². The highest BCUT2D eigenvalue weighted by molar-refractivity contribution is 7.99. The molecule has 18 heavy (non-hydrogen) atoms. The number of aryl methyl sites for hydroxylation is 1. The zero-order valence-electron chi connectivity index (χ0n) is 11.5. The summed E-state index contributed by atoms with van der Waals surface area (Å²) in [5.74, 6) is 2.18. The van der Waals surface area contributed by atoms with Gasteiger partial charge in [-0.15, -0.1) is 6.58 Å². The van der Waals surface area contributed by atoms with E-state index in [1.165, 1.54) is 11.3 Å². The van der Waals surface area contributed by atoms with Crippen LogP contribution in [0.2, 0.25) is 0 Å². The average molecular weight is 264 g/mol. The summed E-state index contributed by atoms with van der Waals surface area (Å²) in [6, 6.07) is 2.43. The Balaban J connectivity index is 2.08. The van der Waals surface area contributed by atoms with E-state index in [0.717, 1.165) is 30.9 Å². The third kappa shape index (κ3) is 3.01. The zero-order valence-corrected chi connectivity index (χ0v) is 12.3. The van der Waals surface area contributed by atoms with Crippen molar-refractivity contribution in [1.82, 2.24) is 4.57 Å². The van der Waals surface area contributed by atoms with Gasteiger partial charge in [-0.3, -0.25) is 0 Å². The van der Waals surface area contributed by atoms with Crippen molar-refractivity contribution in [2.45, 2.75) is 39.3 Å². The molecule has 0 amide bonds. The summed E-state index contributed by atoms with van der Waals surface area (Å²) in [5, 5.41) is 0. The van der Waals surface area contributed by atoms with E-state index >= 15 is 0 Å². The lowest BCUT2D eigenvalue weighted by Crippen LogP contribution is -2.30. The van der Waals surface area contributed by atoms with E-state index in [0.29, 0.717) is 5.41 Å². The molecule has 100 valence electrons. The van der Waals surface area contributed by atoms with Crippen LogP contribution in [-0.2, 0) is 13.0 Å². The topological polar surface area (TPSA) is 30.9 Å². The third-order valence-electron chi connectivity index (χ3n) is 3.64. The summed E-state index contributed by atoms with van der Waals surface area (Å²) < 4.78 is 2.40. The zero-order chi connectivity index (χ0) is 13.2.